The Morgan fingerprint density at radius 2 is 1.00 bits per heavy atom. The van der Waals surface area contributed by atoms with Gasteiger partial charge in [-0.2, -0.15) is 0 Å². The highest BCUT2D eigenvalue weighted by atomic mass is 35.5. The topological polar surface area (TPSA) is 0 Å². The maximum Gasteiger partial charge on any atom is 0.0406 e. The van der Waals surface area contributed by atoms with Crippen molar-refractivity contribution >= 4 is 34.3 Å². The third-order valence-corrected chi connectivity index (χ3v) is 4.35. The lowest BCUT2D eigenvalue weighted by atomic mass is 9.90. The van der Waals surface area contributed by atoms with Gasteiger partial charge in [0, 0.05) is 10.0 Å². The van der Waals surface area contributed by atoms with Crippen LogP contribution in [0.5, 0.6) is 0 Å². The van der Waals surface area contributed by atoms with Gasteiger partial charge in [0.25, 0.3) is 0 Å². The summed E-state index contributed by atoms with van der Waals surface area (Å²) < 4.78 is 0. The summed E-state index contributed by atoms with van der Waals surface area (Å²) in [5.41, 5.74) is 5.89. The van der Waals surface area contributed by atoms with E-state index in [4.69, 9.17) is 23.2 Å². The van der Waals surface area contributed by atoms with E-state index in [1.807, 2.05) is 30.3 Å². The first kappa shape index (κ1) is 15.9. The van der Waals surface area contributed by atoms with Crippen molar-refractivity contribution in [2.75, 3.05) is 0 Å². The molecule has 0 fully saturated rings. The van der Waals surface area contributed by atoms with Crippen molar-refractivity contribution in [1.29, 1.82) is 0 Å². The average Bonchev–Trinajstić information content (AvgIpc) is 2.58. The van der Waals surface area contributed by atoms with Crippen LogP contribution in [-0.4, -0.2) is 0 Å². The van der Waals surface area contributed by atoms with E-state index in [0.717, 1.165) is 21.2 Å². The Bertz CT molecular complexity index is 814. The molecule has 2 heteroatoms. The second-order valence-corrected chi connectivity index (χ2v) is 6.25. The van der Waals surface area contributed by atoms with E-state index < -0.39 is 0 Å². The van der Waals surface area contributed by atoms with Crippen molar-refractivity contribution in [1.82, 2.24) is 0 Å². The fourth-order valence-electron chi connectivity index (χ4n) is 2.67. The van der Waals surface area contributed by atoms with E-state index in [2.05, 4.69) is 55.5 Å². The summed E-state index contributed by atoms with van der Waals surface area (Å²) in [5, 5.41) is 1.49. The molecule has 0 aliphatic carbocycles. The highest BCUT2D eigenvalue weighted by Gasteiger charge is 2.10. The molecule has 114 valence electrons. The Morgan fingerprint density at radius 1 is 0.565 bits per heavy atom. The molecule has 0 atom stereocenters. The predicted octanol–water partition coefficient (Wildman–Crippen LogP) is 6.97. The van der Waals surface area contributed by atoms with E-state index in [0.29, 0.717) is 0 Å². The van der Waals surface area contributed by atoms with Crippen molar-refractivity contribution in [3.63, 3.8) is 0 Å². The van der Waals surface area contributed by atoms with Crippen LogP contribution in [0.2, 0.25) is 10.0 Å². The zero-order chi connectivity index (χ0) is 16.2. The molecule has 0 aliphatic heterocycles. The Kier molecular flexibility index (Phi) is 4.85. The summed E-state index contributed by atoms with van der Waals surface area (Å²) >= 11 is 12.1. The molecule has 0 aromatic heterocycles. The van der Waals surface area contributed by atoms with Gasteiger partial charge in [-0.3, -0.25) is 0 Å². The molecule has 0 heterocycles. The van der Waals surface area contributed by atoms with Crippen LogP contribution in [0.15, 0.2) is 78.9 Å². The molecule has 0 unspecified atom stereocenters. The van der Waals surface area contributed by atoms with Gasteiger partial charge >= 0.3 is 0 Å². The number of benzene rings is 3. The van der Waals surface area contributed by atoms with Crippen molar-refractivity contribution in [2.45, 2.75) is 6.92 Å². The van der Waals surface area contributed by atoms with Crippen molar-refractivity contribution in [3.05, 3.63) is 106 Å². The third-order valence-electron chi connectivity index (χ3n) is 3.85. The molecular weight excluding hydrogens is 323 g/mol. The van der Waals surface area contributed by atoms with Crippen molar-refractivity contribution in [3.8, 4) is 0 Å². The number of allylic oxidation sites excluding steroid dienone is 1. The smallest absolute Gasteiger partial charge is 0.0406 e. The zero-order valence-electron chi connectivity index (χ0n) is 12.8. The lowest BCUT2D eigenvalue weighted by molar-refractivity contribution is 1.50. The summed E-state index contributed by atoms with van der Waals surface area (Å²) in [6.07, 6.45) is 0. The average molecular weight is 339 g/mol. The molecule has 3 aromatic rings. The van der Waals surface area contributed by atoms with Gasteiger partial charge in [-0.05, 0) is 59.0 Å². The lowest BCUT2D eigenvalue weighted by Gasteiger charge is -2.14. The molecule has 0 saturated carbocycles. The number of hydrogen-bond donors (Lipinski definition) is 0. The summed E-state index contributed by atoms with van der Waals surface area (Å²) in [7, 11) is 0. The molecule has 0 saturated heterocycles. The molecule has 0 nitrogen and oxygen atoms in total. The maximum atomic E-state index is 6.05. The Labute approximate surface area is 147 Å². The molecule has 0 aliphatic rings. The molecule has 3 rings (SSSR count). The fraction of sp³-hybridized carbons (Fsp3) is 0.0476. The van der Waals surface area contributed by atoms with Crippen molar-refractivity contribution in [2.24, 2.45) is 0 Å². The van der Waals surface area contributed by atoms with Gasteiger partial charge in [0.1, 0.15) is 0 Å². The minimum absolute atomic E-state index is 0.741. The quantitative estimate of drug-likeness (QED) is 0.452. The first-order valence-corrected chi connectivity index (χ1v) is 8.19. The molecule has 0 amide bonds. The second-order valence-electron chi connectivity index (χ2n) is 5.38. The fourth-order valence-corrected chi connectivity index (χ4v) is 2.92. The summed E-state index contributed by atoms with van der Waals surface area (Å²) in [5.74, 6) is 0. The van der Waals surface area contributed by atoms with Crippen LogP contribution in [0.3, 0.4) is 0 Å². The van der Waals surface area contributed by atoms with Crippen LogP contribution >= 0.6 is 23.2 Å². The van der Waals surface area contributed by atoms with Crippen LogP contribution in [0, 0.1) is 0 Å². The molecule has 0 bridgehead atoms. The predicted molar refractivity (Wildman–Crippen MR) is 101 cm³/mol. The van der Waals surface area contributed by atoms with E-state index in [-0.39, 0.29) is 0 Å². The van der Waals surface area contributed by atoms with Crippen molar-refractivity contribution < 1.29 is 0 Å². The Morgan fingerprint density at radius 3 is 1.52 bits per heavy atom. The van der Waals surface area contributed by atoms with Gasteiger partial charge < -0.3 is 0 Å². The lowest BCUT2D eigenvalue weighted by Crippen LogP contribution is -1.92. The van der Waals surface area contributed by atoms with Gasteiger partial charge in [-0.1, -0.05) is 77.8 Å². The molecule has 23 heavy (non-hydrogen) atoms. The Balaban J connectivity index is 2.20. The SMILES string of the molecule is C/C(=C(/c1ccccc1)c1ccc(Cl)cc1)c1ccc(Cl)cc1. The van der Waals surface area contributed by atoms with Gasteiger partial charge in [-0.25, -0.2) is 0 Å². The van der Waals surface area contributed by atoms with Crippen LogP contribution in [0.4, 0.5) is 0 Å². The first-order chi connectivity index (χ1) is 11.1. The number of rotatable bonds is 3. The minimum Gasteiger partial charge on any atom is -0.0843 e. The molecular formula is C21H16Cl2. The minimum atomic E-state index is 0.741. The number of hydrogen-bond acceptors (Lipinski definition) is 0. The van der Waals surface area contributed by atoms with Gasteiger partial charge in [0.2, 0.25) is 0 Å². The van der Waals surface area contributed by atoms with Crippen LogP contribution < -0.4 is 0 Å². The standard InChI is InChI=1S/C21H16Cl2/c1-15(16-7-11-19(22)12-8-16)21(17-5-3-2-4-6-17)18-9-13-20(23)14-10-18/h2-14H,1H3/b21-15+. The van der Waals surface area contributed by atoms with Crippen LogP contribution in [-0.2, 0) is 0 Å². The van der Waals surface area contributed by atoms with Crippen LogP contribution in [0.25, 0.3) is 11.1 Å². The molecule has 3 aromatic carbocycles. The molecule has 0 spiro atoms. The number of halogens is 2. The third kappa shape index (κ3) is 3.67. The van der Waals surface area contributed by atoms with Gasteiger partial charge in [0.15, 0.2) is 0 Å². The van der Waals surface area contributed by atoms with E-state index in [1.54, 1.807) is 0 Å². The summed E-state index contributed by atoms with van der Waals surface area (Å²) in [6, 6.07) is 26.3. The normalized spacial score (nSPS) is 12.0. The highest BCUT2D eigenvalue weighted by Crippen LogP contribution is 2.32. The summed E-state index contributed by atoms with van der Waals surface area (Å²) in [6.45, 7) is 2.14. The van der Waals surface area contributed by atoms with Gasteiger partial charge in [-0.15, -0.1) is 0 Å². The van der Waals surface area contributed by atoms with E-state index >= 15 is 0 Å². The monoisotopic (exact) mass is 338 g/mol. The molecule has 0 N–H and O–H groups in total. The Hall–Kier alpha value is -2.02. The zero-order valence-corrected chi connectivity index (χ0v) is 14.3. The van der Waals surface area contributed by atoms with E-state index in [1.165, 1.54) is 16.7 Å². The highest BCUT2D eigenvalue weighted by molar-refractivity contribution is 6.31. The molecule has 0 radical (unpaired) electrons. The largest absolute Gasteiger partial charge is 0.0843 e. The second kappa shape index (κ2) is 7.04. The first-order valence-electron chi connectivity index (χ1n) is 7.43. The van der Waals surface area contributed by atoms with E-state index in [9.17, 15) is 0 Å². The summed E-state index contributed by atoms with van der Waals surface area (Å²) in [4.78, 5) is 0. The maximum absolute atomic E-state index is 6.05. The van der Waals surface area contributed by atoms with Gasteiger partial charge in [0.05, 0.1) is 0 Å². The van der Waals surface area contributed by atoms with Crippen LogP contribution in [0.1, 0.15) is 23.6 Å².